The van der Waals surface area contributed by atoms with Gasteiger partial charge in [-0.2, -0.15) is 0 Å². The zero-order valence-electron chi connectivity index (χ0n) is 15.0. The van der Waals surface area contributed by atoms with Crippen LogP contribution in [0.1, 0.15) is 31.2 Å². The lowest BCUT2D eigenvalue weighted by atomic mass is 10.2. The van der Waals surface area contributed by atoms with Gasteiger partial charge in [0.2, 0.25) is 5.91 Å². The molecule has 26 heavy (non-hydrogen) atoms. The summed E-state index contributed by atoms with van der Waals surface area (Å²) in [5.74, 6) is -0.395. The molecule has 1 heterocycles. The van der Waals surface area contributed by atoms with Crippen molar-refractivity contribution in [3.05, 3.63) is 59.9 Å². The fraction of sp³-hybridized carbons (Fsp3) is 0.381. The Labute approximate surface area is 154 Å². The third kappa shape index (κ3) is 5.30. The zero-order valence-corrected chi connectivity index (χ0v) is 15.0. The molecule has 0 saturated carbocycles. The minimum atomic E-state index is -0.260. The van der Waals surface area contributed by atoms with Gasteiger partial charge >= 0.3 is 0 Å². The summed E-state index contributed by atoms with van der Waals surface area (Å²) in [5.41, 5.74) is 2.55. The molecule has 2 aromatic carbocycles. The number of hydrogen-bond acceptors (Lipinski definition) is 3. The molecule has 0 radical (unpaired) electrons. The predicted molar refractivity (Wildman–Crippen MR) is 104 cm³/mol. The number of carbonyl (C=O) groups is 1. The lowest BCUT2D eigenvalue weighted by Gasteiger charge is -2.22. The Morgan fingerprint density at radius 1 is 0.962 bits per heavy atom. The Morgan fingerprint density at radius 2 is 1.65 bits per heavy atom. The molecule has 4 nitrogen and oxygen atoms in total. The molecule has 1 aliphatic rings. The van der Waals surface area contributed by atoms with Gasteiger partial charge in [0.1, 0.15) is 5.82 Å². The third-order valence-electron chi connectivity index (χ3n) is 4.68. The highest BCUT2D eigenvalue weighted by Gasteiger charge is 2.10. The molecular formula is C21H26FN3O. The van der Waals surface area contributed by atoms with Crippen LogP contribution in [-0.4, -0.2) is 25.5 Å². The first kappa shape index (κ1) is 18.4. The van der Waals surface area contributed by atoms with Gasteiger partial charge in [0.05, 0.1) is 6.54 Å². The monoisotopic (exact) mass is 355 g/mol. The van der Waals surface area contributed by atoms with Crippen LogP contribution in [0.5, 0.6) is 0 Å². The van der Waals surface area contributed by atoms with E-state index in [4.69, 9.17) is 0 Å². The van der Waals surface area contributed by atoms with E-state index in [-0.39, 0.29) is 18.3 Å². The van der Waals surface area contributed by atoms with E-state index in [2.05, 4.69) is 27.7 Å². The topological polar surface area (TPSA) is 44.4 Å². The van der Waals surface area contributed by atoms with Crippen LogP contribution in [0.2, 0.25) is 0 Å². The second-order valence-corrected chi connectivity index (χ2v) is 6.69. The fourth-order valence-electron chi connectivity index (χ4n) is 3.24. The van der Waals surface area contributed by atoms with Gasteiger partial charge in [-0.15, -0.1) is 0 Å². The van der Waals surface area contributed by atoms with Gasteiger partial charge in [-0.1, -0.05) is 31.0 Å². The third-order valence-corrected chi connectivity index (χ3v) is 4.68. The number of hydrogen-bond donors (Lipinski definition) is 2. The summed E-state index contributed by atoms with van der Waals surface area (Å²) in [6.45, 7) is 2.67. The molecule has 5 heteroatoms. The number of rotatable bonds is 6. The maximum Gasteiger partial charge on any atom is 0.238 e. The van der Waals surface area contributed by atoms with Crippen LogP contribution in [0.25, 0.3) is 0 Å². The number of amides is 1. The maximum atomic E-state index is 13.5. The van der Waals surface area contributed by atoms with Crippen LogP contribution in [0.15, 0.2) is 48.5 Å². The van der Waals surface area contributed by atoms with Gasteiger partial charge in [0, 0.05) is 36.6 Å². The quantitative estimate of drug-likeness (QED) is 0.825. The lowest BCUT2D eigenvalue weighted by molar-refractivity contribution is -0.115. The molecule has 1 saturated heterocycles. The minimum absolute atomic E-state index is 0.135. The SMILES string of the molecule is O=C(CNCc1ccccc1F)Nc1ccc(N2CCCCCC2)cc1. The Balaban J connectivity index is 1.46. The van der Waals surface area contributed by atoms with E-state index in [0.29, 0.717) is 12.1 Å². The van der Waals surface area contributed by atoms with Crippen molar-refractivity contribution in [1.29, 1.82) is 0 Å². The number of carbonyl (C=O) groups excluding carboxylic acids is 1. The van der Waals surface area contributed by atoms with E-state index in [9.17, 15) is 9.18 Å². The van der Waals surface area contributed by atoms with Crippen molar-refractivity contribution in [1.82, 2.24) is 5.32 Å². The summed E-state index contributed by atoms with van der Waals surface area (Å²) >= 11 is 0. The Bertz CT molecular complexity index is 709. The molecule has 138 valence electrons. The van der Waals surface area contributed by atoms with E-state index in [0.717, 1.165) is 18.8 Å². The van der Waals surface area contributed by atoms with Crippen molar-refractivity contribution in [2.45, 2.75) is 32.2 Å². The first-order valence-electron chi connectivity index (χ1n) is 9.31. The average molecular weight is 355 g/mol. The molecule has 0 atom stereocenters. The van der Waals surface area contributed by atoms with Crippen LogP contribution < -0.4 is 15.5 Å². The molecule has 1 aliphatic heterocycles. The number of benzene rings is 2. The predicted octanol–water partition coefficient (Wildman–Crippen LogP) is 3.93. The molecule has 1 amide bonds. The zero-order chi connectivity index (χ0) is 18.2. The van der Waals surface area contributed by atoms with Crippen LogP contribution in [0.3, 0.4) is 0 Å². The summed E-state index contributed by atoms with van der Waals surface area (Å²) < 4.78 is 13.5. The van der Waals surface area contributed by atoms with Crippen molar-refractivity contribution in [3.8, 4) is 0 Å². The van der Waals surface area contributed by atoms with E-state index in [1.54, 1.807) is 18.2 Å². The molecule has 2 N–H and O–H groups in total. The van der Waals surface area contributed by atoms with E-state index < -0.39 is 0 Å². The molecule has 3 rings (SSSR count). The van der Waals surface area contributed by atoms with E-state index >= 15 is 0 Å². The second-order valence-electron chi connectivity index (χ2n) is 6.69. The number of halogens is 1. The largest absolute Gasteiger partial charge is 0.372 e. The number of nitrogens with zero attached hydrogens (tertiary/aromatic N) is 1. The van der Waals surface area contributed by atoms with Crippen LogP contribution in [0.4, 0.5) is 15.8 Å². The summed E-state index contributed by atoms with van der Waals surface area (Å²) in [7, 11) is 0. The average Bonchev–Trinajstić information content (AvgIpc) is 2.93. The van der Waals surface area contributed by atoms with Crippen molar-refractivity contribution in [2.24, 2.45) is 0 Å². The molecule has 0 spiro atoms. The minimum Gasteiger partial charge on any atom is -0.372 e. The highest BCUT2D eigenvalue weighted by atomic mass is 19.1. The summed E-state index contributed by atoms with van der Waals surface area (Å²) in [6, 6.07) is 14.6. The van der Waals surface area contributed by atoms with Crippen molar-refractivity contribution < 1.29 is 9.18 Å². The first-order chi connectivity index (χ1) is 12.7. The lowest BCUT2D eigenvalue weighted by Crippen LogP contribution is -2.28. The van der Waals surface area contributed by atoms with Crippen molar-refractivity contribution in [2.75, 3.05) is 29.9 Å². The highest BCUT2D eigenvalue weighted by Crippen LogP contribution is 2.21. The molecule has 1 fully saturated rings. The fourth-order valence-corrected chi connectivity index (χ4v) is 3.24. The van der Waals surface area contributed by atoms with Gasteiger partial charge in [0.15, 0.2) is 0 Å². The Morgan fingerprint density at radius 3 is 2.35 bits per heavy atom. The molecule has 0 bridgehead atoms. The maximum absolute atomic E-state index is 13.5. The smallest absolute Gasteiger partial charge is 0.238 e. The summed E-state index contributed by atoms with van der Waals surface area (Å²) in [6.07, 6.45) is 5.10. The molecule has 0 aromatic heterocycles. The first-order valence-corrected chi connectivity index (χ1v) is 9.31. The van der Waals surface area contributed by atoms with Gasteiger partial charge in [-0.3, -0.25) is 4.79 Å². The Kier molecular flexibility index (Phi) is 6.61. The summed E-state index contributed by atoms with van der Waals surface area (Å²) in [5, 5.41) is 5.84. The van der Waals surface area contributed by atoms with Gasteiger partial charge in [-0.05, 0) is 43.2 Å². The van der Waals surface area contributed by atoms with E-state index in [1.165, 1.54) is 37.4 Å². The summed E-state index contributed by atoms with van der Waals surface area (Å²) in [4.78, 5) is 14.5. The van der Waals surface area contributed by atoms with Gasteiger partial charge < -0.3 is 15.5 Å². The Hall–Kier alpha value is -2.40. The van der Waals surface area contributed by atoms with Crippen molar-refractivity contribution >= 4 is 17.3 Å². The number of nitrogens with one attached hydrogen (secondary N) is 2. The normalized spacial score (nSPS) is 14.7. The standard InChI is InChI=1S/C21H26FN3O/c22-20-8-4-3-7-17(20)15-23-16-21(26)24-18-9-11-19(12-10-18)25-13-5-1-2-6-14-25/h3-4,7-12,23H,1-2,5-6,13-16H2,(H,24,26). The van der Waals surface area contributed by atoms with Crippen LogP contribution in [0, 0.1) is 5.82 Å². The van der Waals surface area contributed by atoms with E-state index in [1.807, 2.05) is 12.1 Å². The second kappa shape index (κ2) is 9.34. The van der Waals surface area contributed by atoms with Gasteiger partial charge in [0.25, 0.3) is 0 Å². The highest BCUT2D eigenvalue weighted by molar-refractivity contribution is 5.92. The molecular weight excluding hydrogens is 329 g/mol. The molecule has 0 aliphatic carbocycles. The van der Waals surface area contributed by atoms with Crippen molar-refractivity contribution in [3.63, 3.8) is 0 Å². The van der Waals surface area contributed by atoms with Gasteiger partial charge in [-0.25, -0.2) is 4.39 Å². The number of anilines is 2. The van der Waals surface area contributed by atoms with Crippen LogP contribution >= 0.6 is 0 Å². The molecule has 0 unspecified atom stereocenters. The van der Waals surface area contributed by atoms with Crippen LogP contribution in [-0.2, 0) is 11.3 Å². The molecule has 2 aromatic rings.